The molecule has 3 aromatic rings. The molecule has 1 aromatic carbocycles. The number of carboxylic acids is 1. The first-order valence-corrected chi connectivity index (χ1v) is 6.25. The molecule has 6 heteroatoms. The molecule has 3 rings (SSSR count). The number of imidazole rings is 1. The van der Waals surface area contributed by atoms with Crippen molar-refractivity contribution < 1.29 is 9.90 Å². The number of pyridine rings is 1. The van der Waals surface area contributed by atoms with Gasteiger partial charge < -0.3 is 10.8 Å². The van der Waals surface area contributed by atoms with Gasteiger partial charge in [-0.2, -0.15) is 0 Å². The van der Waals surface area contributed by atoms with Gasteiger partial charge in [-0.15, -0.1) is 0 Å². The van der Waals surface area contributed by atoms with E-state index in [-0.39, 0.29) is 5.56 Å². The molecular formula is C15H12N4O2. The van der Waals surface area contributed by atoms with Crippen molar-refractivity contribution in [2.24, 2.45) is 0 Å². The molecule has 3 N–H and O–H groups in total. The number of nitrogens with two attached hydrogens (primary N) is 1. The van der Waals surface area contributed by atoms with Crippen LogP contribution in [0, 0.1) is 0 Å². The van der Waals surface area contributed by atoms with E-state index in [2.05, 4.69) is 9.97 Å². The zero-order chi connectivity index (χ0) is 14.8. The fourth-order valence-corrected chi connectivity index (χ4v) is 2.07. The second-order valence-corrected chi connectivity index (χ2v) is 4.43. The van der Waals surface area contributed by atoms with Crippen molar-refractivity contribution in [1.82, 2.24) is 14.5 Å². The van der Waals surface area contributed by atoms with Gasteiger partial charge in [-0.25, -0.2) is 14.8 Å². The van der Waals surface area contributed by atoms with Crippen molar-refractivity contribution in [3.63, 3.8) is 0 Å². The Bertz CT molecular complexity index is 811. The number of anilines is 1. The van der Waals surface area contributed by atoms with Gasteiger partial charge in [0.25, 0.3) is 0 Å². The predicted octanol–water partition coefficient (Wildman–Crippen LogP) is 2.21. The Labute approximate surface area is 120 Å². The standard InChI is InChI=1S/C15H12N4O2/c16-12-5-2-6-13(18-12)19-8-7-17-14(19)10-3-1-4-11(9-10)15(20)21/h1-9H,(H2,16,18)(H,20,21). The van der Waals surface area contributed by atoms with Gasteiger partial charge in [-0.05, 0) is 24.3 Å². The Hall–Kier alpha value is -3.15. The molecule has 0 atom stereocenters. The number of nitrogens with zero attached hydrogens (tertiary/aromatic N) is 3. The summed E-state index contributed by atoms with van der Waals surface area (Å²) in [5.74, 6) is 0.669. The van der Waals surface area contributed by atoms with Crippen LogP contribution in [0.4, 0.5) is 5.82 Å². The van der Waals surface area contributed by atoms with E-state index < -0.39 is 5.97 Å². The fraction of sp³-hybridized carbons (Fsp3) is 0. The molecule has 0 radical (unpaired) electrons. The summed E-state index contributed by atoms with van der Waals surface area (Å²) in [6.07, 6.45) is 3.39. The molecule has 104 valence electrons. The average Bonchev–Trinajstić information content (AvgIpc) is 2.97. The Morgan fingerprint density at radius 3 is 2.76 bits per heavy atom. The number of aromatic carboxylic acids is 1. The maximum Gasteiger partial charge on any atom is 0.335 e. The normalized spacial score (nSPS) is 10.5. The summed E-state index contributed by atoms with van der Waals surface area (Å²) in [5.41, 5.74) is 6.60. The number of nitrogen functional groups attached to an aromatic ring is 1. The molecule has 21 heavy (non-hydrogen) atoms. The van der Waals surface area contributed by atoms with Crippen LogP contribution in [0.2, 0.25) is 0 Å². The molecule has 0 aliphatic rings. The Kier molecular flexibility index (Phi) is 3.12. The summed E-state index contributed by atoms with van der Waals surface area (Å²) in [6.45, 7) is 0. The van der Waals surface area contributed by atoms with Gasteiger partial charge in [0.2, 0.25) is 0 Å². The number of carboxylic acid groups (broad SMARTS) is 1. The lowest BCUT2D eigenvalue weighted by molar-refractivity contribution is 0.0697. The lowest BCUT2D eigenvalue weighted by Crippen LogP contribution is -2.02. The first kappa shape index (κ1) is 12.9. The molecule has 0 saturated heterocycles. The number of aromatic nitrogens is 3. The van der Waals surface area contributed by atoms with E-state index in [1.807, 2.05) is 6.07 Å². The number of carbonyl (C=O) groups is 1. The third kappa shape index (κ3) is 2.46. The van der Waals surface area contributed by atoms with E-state index >= 15 is 0 Å². The maximum absolute atomic E-state index is 11.1. The maximum atomic E-state index is 11.1. The lowest BCUT2D eigenvalue weighted by atomic mass is 10.1. The van der Waals surface area contributed by atoms with Crippen molar-refractivity contribution in [3.05, 3.63) is 60.4 Å². The van der Waals surface area contributed by atoms with E-state index in [0.29, 0.717) is 23.0 Å². The van der Waals surface area contributed by atoms with Crippen LogP contribution in [0.5, 0.6) is 0 Å². The highest BCUT2D eigenvalue weighted by Gasteiger charge is 2.11. The third-order valence-corrected chi connectivity index (χ3v) is 3.01. The van der Waals surface area contributed by atoms with Crippen LogP contribution in [-0.4, -0.2) is 25.6 Å². The molecule has 0 amide bonds. The van der Waals surface area contributed by atoms with E-state index in [9.17, 15) is 4.79 Å². The number of hydrogen-bond acceptors (Lipinski definition) is 4. The van der Waals surface area contributed by atoms with Gasteiger partial charge in [0.15, 0.2) is 0 Å². The third-order valence-electron chi connectivity index (χ3n) is 3.01. The molecule has 6 nitrogen and oxygen atoms in total. The van der Waals surface area contributed by atoms with E-state index in [0.717, 1.165) is 0 Å². The predicted molar refractivity (Wildman–Crippen MR) is 78.2 cm³/mol. The monoisotopic (exact) mass is 280 g/mol. The molecule has 0 unspecified atom stereocenters. The van der Waals surface area contributed by atoms with Crippen molar-refractivity contribution in [3.8, 4) is 17.2 Å². The SMILES string of the molecule is Nc1cccc(-n2ccnc2-c2cccc(C(=O)O)c2)n1. The van der Waals surface area contributed by atoms with E-state index in [4.69, 9.17) is 10.8 Å². The summed E-state index contributed by atoms with van der Waals surface area (Å²) in [4.78, 5) is 19.6. The molecule has 0 aliphatic carbocycles. The number of benzene rings is 1. The van der Waals surface area contributed by atoms with Crippen LogP contribution in [0.15, 0.2) is 54.9 Å². The van der Waals surface area contributed by atoms with Gasteiger partial charge in [0.05, 0.1) is 5.56 Å². The Balaban J connectivity index is 2.11. The summed E-state index contributed by atoms with van der Waals surface area (Å²) in [6, 6.07) is 11.9. The Morgan fingerprint density at radius 2 is 2.00 bits per heavy atom. The van der Waals surface area contributed by atoms with Gasteiger partial charge in [-0.1, -0.05) is 18.2 Å². The summed E-state index contributed by atoms with van der Waals surface area (Å²) < 4.78 is 1.76. The fourth-order valence-electron chi connectivity index (χ4n) is 2.07. The lowest BCUT2D eigenvalue weighted by Gasteiger charge is -2.08. The first-order valence-electron chi connectivity index (χ1n) is 6.25. The van der Waals surface area contributed by atoms with Crippen LogP contribution in [-0.2, 0) is 0 Å². The topological polar surface area (TPSA) is 94.0 Å². The van der Waals surface area contributed by atoms with Gasteiger partial charge >= 0.3 is 5.97 Å². The van der Waals surface area contributed by atoms with Crippen LogP contribution in [0.25, 0.3) is 17.2 Å². The smallest absolute Gasteiger partial charge is 0.335 e. The molecule has 0 aliphatic heterocycles. The highest BCUT2D eigenvalue weighted by molar-refractivity contribution is 5.89. The molecule has 0 fully saturated rings. The summed E-state index contributed by atoms with van der Waals surface area (Å²) in [7, 11) is 0. The molecule has 0 spiro atoms. The van der Waals surface area contributed by atoms with E-state index in [1.54, 1.807) is 47.3 Å². The Morgan fingerprint density at radius 1 is 1.19 bits per heavy atom. The molecule has 2 heterocycles. The first-order chi connectivity index (χ1) is 10.1. The highest BCUT2D eigenvalue weighted by atomic mass is 16.4. The quantitative estimate of drug-likeness (QED) is 0.767. The largest absolute Gasteiger partial charge is 0.478 e. The average molecular weight is 280 g/mol. The van der Waals surface area contributed by atoms with Crippen LogP contribution < -0.4 is 5.73 Å². The zero-order valence-electron chi connectivity index (χ0n) is 11.0. The van der Waals surface area contributed by atoms with Gasteiger partial charge in [0, 0.05) is 18.0 Å². The summed E-state index contributed by atoms with van der Waals surface area (Å²) in [5, 5.41) is 9.07. The van der Waals surface area contributed by atoms with Crippen molar-refractivity contribution >= 4 is 11.8 Å². The van der Waals surface area contributed by atoms with Crippen molar-refractivity contribution in [1.29, 1.82) is 0 Å². The van der Waals surface area contributed by atoms with Crippen LogP contribution >= 0.6 is 0 Å². The van der Waals surface area contributed by atoms with Crippen LogP contribution in [0.3, 0.4) is 0 Å². The van der Waals surface area contributed by atoms with E-state index in [1.165, 1.54) is 6.07 Å². The minimum Gasteiger partial charge on any atom is -0.478 e. The van der Waals surface area contributed by atoms with Crippen molar-refractivity contribution in [2.75, 3.05) is 5.73 Å². The molecule has 0 bridgehead atoms. The highest BCUT2D eigenvalue weighted by Crippen LogP contribution is 2.22. The summed E-state index contributed by atoms with van der Waals surface area (Å²) >= 11 is 0. The minimum atomic E-state index is -0.975. The minimum absolute atomic E-state index is 0.211. The zero-order valence-corrected chi connectivity index (χ0v) is 11.0. The van der Waals surface area contributed by atoms with Crippen molar-refractivity contribution in [2.45, 2.75) is 0 Å². The van der Waals surface area contributed by atoms with Gasteiger partial charge in [0.1, 0.15) is 17.5 Å². The molecular weight excluding hydrogens is 268 g/mol. The number of hydrogen-bond donors (Lipinski definition) is 2. The van der Waals surface area contributed by atoms with Gasteiger partial charge in [-0.3, -0.25) is 4.57 Å². The number of rotatable bonds is 3. The second-order valence-electron chi connectivity index (χ2n) is 4.43. The molecule has 0 saturated carbocycles. The van der Waals surface area contributed by atoms with Crippen LogP contribution in [0.1, 0.15) is 10.4 Å². The second kappa shape index (κ2) is 5.09. The molecule has 2 aromatic heterocycles.